The van der Waals surface area contributed by atoms with Crippen molar-refractivity contribution in [1.82, 2.24) is 5.32 Å². The first kappa shape index (κ1) is 11.6. The first-order chi connectivity index (χ1) is 7.77. The molecule has 16 heavy (non-hydrogen) atoms. The van der Waals surface area contributed by atoms with Crippen LogP contribution in [0.25, 0.3) is 0 Å². The highest BCUT2D eigenvalue weighted by atomic mass is 35.5. The molecular weight excluding hydrogens is 226 g/mol. The van der Waals surface area contributed by atoms with Crippen LogP contribution in [0, 0.1) is 0 Å². The molecule has 1 N–H and O–H groups in total. The van der Waals surface area contributed by atoms with Gasteiger partial charge >= 0.3 is 0 Å². The smallest absolute Gasteiger partial charge is 0.179 e. The van der Waals surface area contributed by atoms with Gasteiger partial charge in [0.1, 0.15) is 0 Å². The van der Waals surface area contributed by atoms with Gasteiger partial charge in [0.2, 0.25) is 0 Å². The number of ether oxygens (including phenoxy) is 2. The average molecular weight is 242 g/mol. The third kappa shape index (κ3) is 1.97. The van der Waals surface area contributed by atoms with E-state index < -0.39 is 0 Å². The van der Waals surface area contributed by atoms with Crippen molar-refractivity contribution in [2.45, 2.75) is 18.9 Å². The number of halogens is 1. The van der Waals surface area contributed by atoms with Crippen LogP contribution in [0.15, 0.2) is 12.1 Å². The minimum Gasteiger partial charge on any atom is -0.493 e. The van der Waals surface area contributed by atoms with E-state index >= 15 is 0 Å². The third-order valence-corrected chi connectivity index (χ3v) is 3.34. The number of hydrogen-bond donors (Lipinski definition) is 1. The van der Waals surface area contributed by atoms with E-state index in [-0.39, 0.29) is 0 Å². The fourth-order valence-electron chi connectivity index (χ4n) is 2.12. The summed E-state index contributed by atoms with van der Waals surface area (Å²) in [4.78, 5) is 0. The molecule has 0 aliphatic carbocycles. The van der Waals surface area contributed by atoms with Gasteiger partial charge in [0.05, 0.1) is 19.2 Å². The van der Waals surface area contributed by atoms with Crippen LogP contribution < -0.4 is 14.8 Å². The fraction of sp³-hybridized carbons (Fsp3) is 0.500. The SMILES string of the molecule is COc1ccc(C2CCCN2)c(Cl)c1OC. The van der Waals surface area contributed by atoms with Crippen LogP contribution in [0.1, 0.15) is 24.4 Å². The van der Waals surface area contributed by atoms with Crippen LogP contribution in [0.5, 0.6) is 11.5 Å². The molecule has 2 rings (SSSR count). The van der Waals surface area contributed by atoms with Crippen molar-refractivity contribution in [3.8, 4) is 11.5 Å². The lowest BCUT2D eigenvalue weighted by Crippen LogP contribution is -2.13. The quantitative estimate of drug-likeness (QED) is 0.883. The molecule has 1 aromatic rings. The summed E-state index contributed by atoms with van der Waals surface area (Å²) in [5, 5.41) is 4.08. The molecule has 1 aliphatic rings. The van der Waals surface area contributed by atoms with Crippen molar-refractivity contribution >= 4 is 11.6 Å². The van der Waals surface area contributed by atoms with Crippen molar-refractivity contribution < 1.29 is 9.47 Å². The maximum absolute atomic E-state index is 6.33. The Kier molecular flexibility index (Phi) is 3.56. The Morgan fingerprint density at radius 2 is 2.12 bits per heavy atom. The molecule has 1 fully saturated rings. The number of methoxy groups -OCH3 is 2. The zero-order valence-electron chi connectivity index (χ0n) is 9.55. The molecule has 1 saturated heterocycles. The monoisotopic (exact) mass is 241 g/mol. The molecular formula is C12H16ClNO2. The molecule has 1 heterocycles. The molecule has 0 aromatic heterocycles. The Morgan fingerprint density at radius 3 is 2.69 bits per heavy atom. The summed E-state index contributed by atoms with van der Waals surface area (Å²) in [6.07, 6.45) is 2.31. The lowest BCUT2D eigenvalue weighted by atomic mass is 10.0. The standard InChI is InChI=1S/C12H16ClNO2/c1-15-10-6-5-8(9-4-3-7-14-9)11(13)12(10)16-2/h5-6,9,14H,3-4,7H2,1-2H3. The summed E-state index contributed by atoms with van der Waals surface area (Å²) in [5.41, 5.74) is 1.09. The second kappa shape index (κ2) is 4.93. The van der Waals surface area contributed by atoms with Crippen LogP contribution in [0.3, 0.4) is 0 Å². The van der Waals surface area contributed by atoms with Gasteiger partial charge in [-0.2, -0.15) is 0 Å². The van der Waals surface area contributed by atoms with Crippen LogP contribution in [0.4, 0.5) is 0 Å². The number of rotatable bonds is 3. The van der Waals surface area contributed by atoms with E-state index in [1.807, 2.05) is 12.1 Å². The van der Waals surface area contributed by atoms with Gasteiger partial charge in [-0.3, -0.25) is 0 Å². The van der Waals surface area contributed by atoms with Crippen molar-refractivity contribution in [3.05, 3.63) is 22.7 Å². The molecule has 0 spiro atoms. The summed E-state index contributed by atoms with van der Waals surface area (Å²) in [5.74, 6) is 1.30. The zero-order chi connectivity index (χ0) is 11.5. The summed E-state index contributed by atoms with van der Waals surface area (Å²) >= 11 is 6.33. The molecule has 1 atom stereocenters. The Morgan fingerprint density at radius 1 is 1.31 bits per heavy atom. The summed E-state index contributed by atoms with van der Waals surface area (Å²) in [6.45, 7) is 1.05. The highest BCUT2D eigenvalue weighted by Gasteiger charge is 2.22. The Labute approximate surface area is 101 Å². The van der Waals surface area contributed by atoms with E-state index in [0.29, 0.717) is 22.6 Å². The van der Waals surface area contributed by atoms with Gasteiger partial charge in [-0.25, -0.2) is 0 Å². The van der Waals surface area contributed by atoms with Gasteiger partial charge in [-0.15, -0.1) is 0 Å². The zero-order valence-corrected chi connectivity index (χ0v) is 10.3. The van der Waals surface area contributed by atoms with Crippen molar-refractivity contribution in [1.29, 1.82) is 0 Å². The van der Waals surface area contributed by atoms with Crippen LogP contribution in [0.2, 0.25) is 5.02 Å². The van der Waals surface area contributed by atoms with Gasteiger partial charge in [-0.1, -0.05) is 17.7 Å². The molecule has 88 valence electrons. The maximum atomic E-state index is 6.33. The lowest BCUT2D eigenvalue weighted by Gasteiger charge is -2.16. The first-order valence-electron chi connectivity index (χ1n) is 5.41. The van der Waals surface area contributed by atoms with Crippen molar-refractivity contribution in [2.75, 3.05) is 20.8 Å². The maximum Gasteiger partial charge on any atom is 0.179 e. The van der Waals surface area contributed by atoms with E-state index in [1.54, 1.807) is 14.2 Å². The minimum absolute atomic E-state index is 0.340. The first-order valence-corrected chi connectivity index (χ1v) is 5.79. The molecule has 4 heteroatoms. The highest BCUT2D eigenvalue weighted by molar-refractivity contribution is 6.33. The number of nitrogens with one attached hydrogen (secondary N) is 1. The molecule has 1 unspecified atom stereocenters. The third-order valence-electron chi connectivity index (χ3n) is 2.95. The van der Waals surface area contributed by atoms with Gasteiger partial charge in [0.25, 0.3) is 0 Å². The lowest BCUT2D eigenvalue weighted by molar-refractivity contribution is 0.354. The second-order valence-corrected chi connectivity index (χ2v) is 4.23. The topological polar surface area (TPSA) is 30.5 Å². The van der Waals surface area contributed by atoms with Gasteiger partial charge in [0.15, 0.2) is 11.5 Å². The van der Waals surface area contributed by atoms with E-state index in [9.17, 15) is 0 Å². The van der Waals surface area contributed by atoms with Crippen LogP contribution in [-0.2, 0) is 0 Å². The number of hydrogen-bond acceptors (Lipinski definition) is 3. The van der Waals surface area contributed by atoms with Crippen molar-refractivity contribution in [2.24, 2.45) is 0 Å². The highest BCUT2D eigenvalue weighted by Crippen LogP contribution is 2.41. The molecule has 1 aromatic carbocycles. The number of benzene rings is 1. The normalized spacial score (nSPS) is 19.8. The van der Waals surface area contributed by atoms with Crippen molar-refractivity contribution in [3.63, 3.8) is 0 Å². The van der Waals surface area contributed by atoms with Gasteiger partial charge in [-0.05, 0) is 31.0 Å². The Balaban J connectivity index is 2.39. The summed E-state index contributed by atoms with van der Waals surface area (Å²) in [6, 6.07) is 4.25. The molecule has 0 amide bonds. The molecule has 1 aliphatic heterocycles. The van der Waals surface area contributed by atoms with E-state index in [4.69, 9.17) is 21.1 Å². The largest absolute Gasteiger partial charge is 0.493 e. The Bertz CT molecular complexity index is 376. The Hall–Kier alpha value is -0.930. The predicted octanol–water partition coefficient (Wildman–Crippen LogP) is 2.78. The van der Waals surface area contributed by atoms with Gasteiger partial charge in [0, 0.05) is 6.04 Å². The summed E-state index contributed by atoms with van der Waals surface area (Å²) < 4.78 is 10.5. The molecule has 0 bridgehead atoms. The minimum atomic E-state index is 0.340. The van der Waals surface area contributed by atoms with E-state index in [2.05, 4.69) is 5.32 Å². The van der Waals surface area contributed by atoms with Crippen LogP contribution >= 0.6 is 11.6 Å². The predicted molar refractivity (Wildman–Crippen MR) is 64.5 cm³/mol. The molecule has 0 saturated carbocycles. The van der Waals surface area contributed by atoms with E-state index in [1.165, 1.54) is 6.42 Å². The van der Waals surface area contributed by atoms with Crippen LogP contribution in [-0.4, -0.2) is 20.8 Å². The second-order valence-electron chi connectivity index (χ2n) is 3.85. The summed E-state index contributed by atoms with van der Waals surface area (Å²) in [7, 11) is 3.22. The van der Waals surface area contributed by atoms with Gasteiger partial charge < -0.3 is 14.8 Å². The fourth-order valence-corrected chi connectivity index (χ4v) is 2.49. The van der Waals surface area contributed by atoms with E-state index in [0.717, 1.165) is 18.5 Å². The molecule has 3 nitrogen and oxygen atoms in total. The average Bonchev–Trinajstić information content (AvgIpc) is 2.81. The molecule has 0 radical (unpaired) electrons.